The minimum Gasteiger partial charge on any atom is -0.347 e. The summed E-state index contributed by atoms with van der Waals surface area (Å²) in [6.45, 7) is 7.67. The third kappa shape index (κ3) is 5.30. The van der Waals surface area contributed by atoms with Crippen LogP contribution in [0.1, 0.15) is 68.8 Å². The van der Waals surface area contributed by atoms with Crippen LogP contribution in [0.2, 0.25) is 0 Å². The van der Waals surface area contributed by atoms with E-state index < -0.39 is 6.04 Å². The molecule has 25 heavy (non-hydrogen) atoms. The lowest BCUT2D eigenvalue weighted by Crippen LogP contribution is -2.43. The van der Waals surface area contributed by atoms with Gasteiger partial charge in [-0.15, -0.1) is 0 Å². The number of hydrogen-bond acceptors (Lipinski definition) is 3. The van der Waals surface area contributed by atoms with Crippen molar-refractivity contribution in [3.8, 4) is 0 Å². The zero-order valence-electron chi connectivity index (χ0n) is 15.8. The second-order valence-corrected chi connectivity index (χ2v) is 8.10. The van der Waals surface area contributed by atoms with Crippen molar-refractivity contribution in [2.75, 3.05) is 5.32 Å². The summed E-state index contributed by atoms with van der Waals surface area (Å²) in [5.74, 6) is -0.0533. The zero-order valence-corrected chi connectivity index (χ0v) is 15.8. The van der Waals surface area contributed by atoms with E-state index in [1.807, 2.05) is 33.8 Å². The summed E-state index contributed by atoms with van der Waals surface area (Å²) in [5.41, 5.74) is 7.84. The Kier molecular flexibility index (Phi) is 6.22. The van der Waals surface area contributed by atoms with Crippen LogP contribution in [0.4, 0.5) is 5.69 Å². The number of nitrogens with two attached hydrogens (primary N) is 1. The van der Waals surface area contributed by atoms with Crippen molar-refractivity contribution < 1.29 is 9.59 Å². The van der Waals surface area contributed by atoms with Gasteiger partial charge >= 0.3 is 0 Å². The molecule has 0 spiro atoms. The Balaban J connectivity index is 2.10. The second kappa shape index (κ2) is 8.00. The van der Waals surface area contributed by atoms with E-state index in [1.165, 1.54) is 6.42 Å². The minimum absolute atomic E-state index is 0.141. The van der Waals surface area contributed by atoms with Gasteiger partial charge < -0.3 is 16.4 Å². The Morgan fingerprint density at radius 3 is 2.40 bits per heavy atom. The molecule has 0 saturated heterocycles. The predicted octanol–water partition coefficient (Wildman–Crippen LogP) is 3.37. The van der Waals surface area contributed by atoms with Gasteiger partial charge in [0.25, 0.3) is 5.91 Å². The Hall–Kier alpha value is -1.88. The van der Waals surface area contributed by atoms with Gasteiger partial charge in [-0.25, -0.2) is 0 Å². The maximum Gasteiger partial charge on any atom is 0.252 e. The summed E-state index contributed by atoms with van der Waals surface area (Å²) in [6, 6.07) is 4.88. The van der Waals surface area contributed by atoms with E-state index in [0.717, 1.165) is 31.2 Å². The number of benzene rings is 1. The molecule has 0 aliphatic heterocycles. The molecule has 0 aromatic heterocycles. The summed E-state index contributed by atoms with van der Waals surface area (Å²) in [4.78, 5) is 25.0. The summed E-state index contributed by atoms with van der Waals surface area (Å²) in [7, 11) is 0. The highest BCUT2D eigenvalue weighted by Gasteiger charge is 2.27. The fourth-order valence-corrected chi connectivity index (χ4v) is 3.35. The van der Waals surface area contributed by atoms with Crippen LogP contribution in [0, 0.1) is 12.8 Å². The van der Waals surface area contributed by atoms with Crippen molar-refractivity contribution >= 4 is 17.5 Å². The first-order chi connectivity index (χ1) is 11.7. The molecule has 2 amide bonds. The molecule has 138 valence electrons. The predicted molar refractivity (Wildman–Crippen MR) is 102 cm³/mol. The summed E-state index contributed by atoms with van der Waals surface area (Å²) >= 11 is 0. The van der Waals surface area contributed by atoms with Crippen LogP contribution in [0.25, 0.3) is 0 Å². The summed E-state index contributed by atoms with van der Waals surface area (Å²) < 4.78 is 0. The minimum atomic E-state index is -0.494. The Bertz CT molecular complexity index is 628. The third-order valence-electron chi connectivity index (χ3n) is 4.79. The van der Waals surface area contributed by atoms with Gasteiger partial charge in [0.05, 0.1) is 6.04 Å². The highest BCUT2D eigenvalue weighted by atomic mass is 16.2. The number of carbonyl (C=O) groups excluding carboxylic acids is 2. The maximum atomic E-state index is 12.5. The first-order valence-electron chi connectivity index (χ1n) is 9.17. The van der Waals surface area contributed by atoms with Crippen LogP contribution in [0.5, 0.6) is 0 Å². The van der Waals surface area contributed by atoms with Gasteiger partial charge in [-0.3, -0.25) is 9.59 Å². The lowest BCUT2D eigenvalue weighted by atomic mass is 9.84. The quantitative estimate of drug-likeness (QED) is 0.782. The fraction of sp³-hybridized carbons (Fsp3) is 0.600. The van der Waals surface area contributed by atoms with Gasteiger partial charge in [0, 0.05) is 16.8 Å². The van der Waals surface area contributed by atoms with Crippen LogP contribution in [-0.4, -0.2) is 23.4 Å². The smallest absolute Gasteiger partial charge is 0.252 e. The average Bonchev–Trinajstić information content (AvgIpc) is 2.55. The van der Waals surface area contributed by atoms with E-state index in [1.54, 1.807) is 12.1 Å². The van der Waals surface area contributed by atoms with Gasteiger partial charge in [-0.1, -0.05) is 25.3 Å². The van der Waals surface area contributed by atoms with Crippen LogP contribution in [0.15, 0.2) is 18.2 Å². The second-order valence-electron chi connectivity index (χ2n) is 8.10. The van der Waals surface area contributed by atoms with Crippen LogP contribution in [-0.2, 0) is 4.79 Å². The number of carbonyl (C=O) groups is 2. The molecule has 0 heterocycles. The molecule has 1 aliphatic rings. The van der Waals surface area contributed by atoms with E-state index in [4.69, 9.17) is 5.73 Å². The SMILES string of the molecule is Cc1c(NC(=O)[C@@H](N)C2CCCCC2)cccc1C(=O)NC(C)(C)C. The van der Waals surface area contributed by atoms with E-state index in [2.05, 4.69) is 10.6 Å². The van der Waals surface area contributed by atoms with Gasteiger partial charge in [-0.05, 0) is 64.2 Å². The average molecular weight is 345 g/mol. The van der Waals surface area contributed by atoms with E-state index in [0.29, 0.717) is 11.3 Å². The maximum absolute atomic E-state index is 12.5. The van der Waals surface area contributed by atoms with Crippen molar-refractivity contribution in [3.05, 3.63) is 29.3 Å². The highest BCUT2D eigenvalue weighted by Crippen LogP contribution is 2.27. The normalized spacial score (nSPS) is 17.0. The molecule has 1 atom stereocenters. The molecule has 4 N–H and O–H groups in total. The number of amides is 2. The molecule has 0 radical (unpaired) electrons. The zero-order chi connectivity index (χ0) is 18.6. The molecule has 0 bridgehead atoms. The molecular weight excluding hydrogens is 314 g/mol. The molecule has 1 fully saturated rings. The molecule has 0 unspecified atom stereocenters. The van der Waals surface area contributed by atoms with Crippen LogP contribution in [0.3, 0.4) is 0 Å². The lowest BCUT2D eigenvalue weighted by Gasteiger charge is -2.27. The van der Waals surface area contributed by atoms with Crippen molar-refractivity contribution in [2.24, 2.45) is 11.7 Å². The van der Waals surface area contributed by atoms with Crippen molar-refractivity contribution in [1.29, 1.82) is 0 Å². The molecule has 1 aromatic rings. The Labute approximate surface area is 150 Å². The van der Waals surface area contributed by atoms with Crippen molar-refractivity contribution in [3.63, 3.8) is 0 Å². The lowest BCUT2D eigenvalue weighted by molar-refractivity contribution is -0.118. The summed E-state index contributed by atoms with van der Waals surface area (Å²) in [6.07, 6.45) is 5.55. The molecule has 5 nitrogen and oxygen atoms in total. The Morgan fingerprint density at radius 2 is 1.80 bits per heavy atom. The van der Waals surface area contributed by atoms with Gasteiger partial charge in [0.1, 0.15) is 0 Å². The standard InChI is InChI=1S/C20H31N3O2/c1-13-15(18(24)23-20(2,3)4)11-8-12-16(13)22-19(25)17(21)14-9-6-5-7-10-14/h8,11-12,14,17H,5-7,9-10,21H2,1-4H3,(H,22,25)(H,23,24)/t17-/m0/s1. The van der Waals surface area contributed by atoms with Crippen molar-refractivity contribution in [2.45, 2.75) is 71.4 Å². The van der Waals surface area contributed by atoms with E-state index >= 15 is 0 Å². The Morgan fingerprint density at radius 1 is 1.16 bits per heavy atom. The molecule has 1 aliphatic carbocycles. The molecule has 5 heteroatoms. The number of rotatable bonds is 4. The first-order valence-corrected chi connectivity index (χ1v) is 9.17. The van der Waals surface area contributed by atoms with E-state index in [-0.39, 0.29) is 23.3 Å². The third-order valence-corrected chi connectivity index (χ3v) is 4.79. The first kappa shape index (κ1) is 19.4. The van der Waals surface area contributed by atoms with Gasteiger partial charge in [-0.2, -0.15) is 0 Å². The number of nitrogens with one attached hydrogen (secondary N) is 2. The molecular formula is C20H31N3O2. The number of anilines is 1. The van der Waals surface area contributed by atoms with Gasteiger partial charge in [0.2, 0.25) is 5.91 Å². The highest BCUT2D eigenvalue weighted by molar-refractivity contribution is 6.00. The molecule has 1 saturated carbocycles. The summed E-state index contributed by atoms with van der Waals surface area (Å²) in [5, 5.41) is 5.88. The van der Waals surface area contributed by atoms with E-state index in [9.17, 15) is 9.59 Å². The number of hydrogen-bond donors (Lipinski definition) is 3. The monoisotopic (exact) mass is 345 g/mol. The largest absolute Gasteiger partial charge is 0.347 e. The molecule has 2 rings (SSSR count). The topological polar surface area (TPSA) is 84.2 Å². The van der Waals surface area contributed by atoms with Crippen molar-refractivity contribution in [1.82, 2.24) is 5.32 Å². The fourth-order valence-electron chi connectivity index (χ4n) is 3.35. The van der Waals surface area contributed by atoms with Crippen LogP contribution >= 0.6 is 0 Å². The van der Waals surface area contributed by atoms with Gasteiger partial charge in [0.15, 0.2) is 0 Å². The molecule has 1 aromatic carbocycles. The van der Waals surface area contributed by atoms with Crippen LogP contribution < -0.4 is 16.4 Å².